The van der Waals surface area contributed by atoms with Crippen LogP contribution < -0.4 is 11.1 Å². The number of hydrogen-bond acceptors (Lipinski definition) is 4. The van der Waals surface area contributed by atoms with Gasteiger partial charge in [0.05, 0.1) is 36.2 Å². The van der Waals surface area contributed by atoms with E-state index in [1.807, 2.05) is 30.3 Å². The van der Waals surface area contributed by atoms with E-state index in [0.29, 0.717) is 31.0 Å². The van der Waals surface area contributed by atoms with Crippen LogP contribution in [0.15, 0.2) is 46.9 Å². The van der Waals surface area contributed by atoms with Gasteiger partial charge in [0.1, 0.15) is 0 Å². The fourth-order valence-corrected chi connectivity index (χ4v) is 2.09. The number of nitriles is 1. The Morgan fingerprint density at radius 2 is 1.95 bits per heavy atom. The topological polar surface area (TPSA) is 71.1 Å². The van der Waals surface area contributed by atoms with E-state index in [4.69, 9.17) is 15.7 Å². The fourth-order valence-electron chi connectivity index (χ4n) is 1.82. The van der Waals surface area contributed by atoms with Crippen LogP contribution in [0.25, 0.3) is 0 Å². The van der Waals surface area contributed by atoms with E-state index in [1.54, 1.807) is 12.1 Å². The zero-order valence-corrected chi connectivity index (χ0v) is 13.1. The smallest absolute Gasteiger partial charge is 0.0992 e. The molecule has 0 aromatic heterocycles. The first-order valence-electron chi connectivity index (χ1n) is 6.55. The second-order valence-corrected chi connectivity index (χ2v) is 5.44. The molecular formula is C16H16BrN3O. The summed E-state index contributed by atoms with van der Waals surface area (Å²) >= 11 is 3.40. The number of anilines is 2. The second-order valence-electron chi connectivity index (χ2n) is 4.52. The Kier molecular flexibility index (Phi) is 5.61. The molecule has 3 N–H and O–H groups in total. The van der Waals surface area contributed by atoms with Crippen molar-refractivity contribution in [3.05, 3.63) is 58.1 Å². The van der Waals surface area contributed by atoms with Crippen LogP contribution in [0.3, 0.4) is 0 Å². The van der Waals surface area contributed by atoms with Crippen molar-refractivity contribution < 1.29 is 4.74 Å². The number of ether oxygens (including phenoxy) is 1. The molecule has 0 aliphatic carbocycles. The molecule has 0 saturated heterocycles. The number of rotatable bonds is 6. The summed E-state index contributed by atoms with van der Waals surface area (Å²) in [5.74, 6) is 0. The van der Waals surface area contributed by atoms with Gasteiger partial charge < -0.3 is 15.8 Å². The lowest BCUT2D eigenvalue weighted by atomic mass is 10.2. The monoisotopic (exact) mass is 345 g/mol. The van der Waals surface area contributed by atoms with Gasteiger partial charge in [0, 0.05) is 11.0 Å². The molecule has 0 atom stereocenters. The van der Waals surface area contributed by atoms with Gasteiger partial charge in [-0.25, -0.2) is 0 Å². The average Bonchev–Trinajstić information content (AvgIpc) is 2.50. The molecule has 5 heteroatoms. The maximum Gasteiger partial charge on any atom is 0.0992 e. The largest absolute Gasteiger partial charge is 0.397 e. The summed E-state index contributed by atoms with van der Waals surface area (Å²) in [4.78, 5) is 0. The van der Waals surface area contributed by atoms with Crippen molar-refractivity contribution >= 4 is 27.3 Å². The molecule has 0 amide bonds. The van der Waals surface area contributed by atoms with Crippen LogP contribution in [0, 0.1) is 11.3 Å². The highest BCUT2D eigenvalue weighted by Gasteiger charge is 2.00. The zero-order chi connectivity index (χ0) is 15.1. The van der Waals surface area contributed by atoms with Crippen LogP contribution in [0.2, 0.25) is 0 Å². The first kappa shape index (κ1) is 15.4. The van der Waals surface area contributed by atoms with E-state index in [1.165, 1.54) is 0 Å². The van der Waals surface area contributed by atoms with Gasteiger partial charge in [0.2, 0.25) is 0 Å². The summed E-state index contributed by atoms with van der Waals surface area (Å²) in [5.41, 5.74) is 8.94. The molecule has 0 radical (unpaired) electrons. The number of benzene rings is 2. The highest BCUT2D eigenvalue weighted by Crippen LogP contribution is 2.19. The summed E-state index contributed by atoms with van der Waals surface area (Å²) < 4.78 is 6.65. The van der Waals surface area contributed by atoms with Gasteiger partial charge in [-0.1, -0.05) is 28.1 Å². The molecule has 0 unspecified atom stereocenters. The van der Waals surface area contributed by atoms with E-state index in [0.717, 1.165) is 15.7 Å². The molecule has 108 valence electrons. The number of nitrogens with two attached hydrogens (primary N) is 1. The van der Waals surface area contributed by atoms with Crippen LogP contribution in [0.1, 0.15) is 11.1 Å². The van der Waals surface area contributed by atoms with Crippen LogP contribution in [0.5, 0.6) is 0 Å². The van der Waals surface area contributed by atoms with E-state index in [9.17, 15) is 0 Å². The average molecular weight is 346 g/mol. The molecule has 0 bridgehead atoms. The summed E-state index contributed by atoms with van der Waals surface area (Å²) in [5, 5.41) is 12.0. The fraction of sp³-hybridized carbons (Fsp3) is 0.188. The lowest BCUT2D eigenvalue weighted by Gasteiger charge is -2.10. The van der Waals surface area contributed by atoms with Gasteiger partial charge in [-0.05, 0) is 35.9 Å². The lowest BCUT2D eigenvalue weighted by molar-refractivity contribution is 0.130. The van der Waals surface area contributed by atoms with Gasteiger partial charge in [0.15, 0.2) is 0 Å². The Balaban J connectivity index is 1.72. The van der Waals surface area contributed by atoms with Crippen molar-refractivity contribution in [2.45, 2.75) is 6.61 Å². The third-order valence-corrected chi connectivity index (χ3v) is 3.45. The Morgan fingerprint density at radius 3 is 2.62 bits per heavy atom. The molecule has 2 aromatic carbocycles. The van der Waals surface area contributed by atoms with Gasteiger partial charge in [-0.3, -0.25) is 0 Å². The third kappa shape index (κ3) is 4.78. The van der Waals surface area contributed by atoms with Crippen LogP contribution in [-0.4, -0.2) is 13.2 Å². The molecule has 2 aromatic rings. The SMILES string of the molecule is N#Cc1ccc(NCCOCc2ccc(Br)cc2)c(N)c1. The van der Waals surface area contributed by atoms with Crippen molar-refractivity contribution in [2.75, 3.05) is 24.2 Å². The van der Waals surface area contributed by atoms with Crippen LogP contribution >= 0.6 is 15.9 Å². The number of halogens is 1. The Labute approximate surface area is 132 Å². The molecule has 0 aliphatic rings. The molecule has 4 nitrogen and oxygen atoms in total. The van der Waals surface area contributed by atoms with E-state index >= 15 is 0 Å². The van der Waals surface area contributed by atoms with Crippen molar-refractivity contribution in [1.82, 2.24) is 0 Å². The number of nitrogens with zero attached hydrogens (tertiary/aromatic N) is 1. The van der Waals surface area contributed by atoms with Gasteiger partial charge in [-0.2, -0.15) is 5.26 Å². The highest BCUT2D eigenvalue weighted by atomic mass is 79.9. The van der Waals surface area contributed by atoms with Gasteiger partial charge in [-0.15, -0.1) is 0 Å². The normalized spacial score (nSPS) is 10.1. The highest BCUT2D eigenvalue weighted by molar-refractivity contribution is 9.10. The number of nitrogen functional groups attached to an aromatic ring is 1. The standard InChI is InChI=1S/C16H16BrN3O/c17-14-4-1-12(2-5-14)11-21-8-7-20-16-6-3-13(10-18)9-15(16)19/h1-6,9,20H,7-8,11,19H2. The lowest BCUT2D eigenvalue weighted by Crippen LogP contribution is -2.10. The van der Waals surface area contributed by atoms with E-state index < -0.39 is 0 Å². The molecule has 2 rings (SSSR count). The van der Waals surface area contributed by atoms with Gasteiger partial charge in [0.25, 0.3) is 0 Å². The van der Waals surface area contributed by atoms with E-state index in [2.05, 4.69) is 27.3 Å². The summed E-state index contributed by atoms with van der Waals surface area (Å²) in [6, 6.07) is 15.3. The Bertz CT molecular complexity index is 635. The van der Waals surface area contributed by atoms with Crippen molar-refractivity contribution in [3.63, 3.8) is 0 Å². The molecule has 0 saturated carbocycles. The van der Waals surface area contributed by atoms with Gasteiger partial charge >= 0.3 is 0 Å². The summed E-state index contributed by atoms with van der Waals surface area (Å²) in [6.07, 6.45) is 0. The quantitative estimate of drug-likeness (QED) is 0.620. The third-order valence-electron chi connectivity index (χ3n) is 2.92. The summed E-state index contributed by atoms with van der Waals surface area (Å²) in [6.45, 7) is 1.82. The first-order valence-corrected chi connectivity index (χ1v) is 7.34. The van der Waals surface area contributed by atoms with Crippen molar-refractivity contribution in [3.8, 4) is 6.07 Å². The zero-order valence-electron chi connectivity index (χ0n) is 11.5. The minimum atomic E-state index is 0.560. The summed E-state index contributed by atoms with van der Waals surface area (Å²) in [7, 11) is 0. The van der Waals surface area contributed by atoms with Crippen molar-refractivity contribution in [1.29, 1.82) is 5.26 Å². The Morgan fingerprint density at radius 1 is 1.19 bits per heavy atom. The van der Waals surface area contributed by atoms with Crippen LogP contribution in [-0.2, 0) is 11.3 Å². The van der Waals surface area contributed by atoms with Crippen LogP contribution in [0.4, 0.5) is 11.4 Å². The number of nitrogens with one attached hydrogen (secondary N) is 1. The predicted molar refractivity (Wildman–Crippen MR) is 87.9 cm³/mol. The number of hydrogen-bond donors (Lipinski definition) is 2. The minimum Gasteiger partial charge on any atom is -0.397 e. The molecule has 0 fully saturated rings. The maximum atomic E-state index is 8.78. The second kappa shape index (κ2) is 7.67. The Hall–Kier alpha value is -2.03. The molecule has 0 heterocycles. The maximum absolute atomic E-state index is 8.78. The van der Waals surface area contributed by atoms with Crippen molar-refractivity contribution in [2.24, 2.45) is 0 Å². The first-order chi connectivity index (χ1) is 10.2. The molecule has 0 aliphatic heterocycles. The molecule has 21 heavy (non-hydrogen) atoms. The predicted octanol–water partition coefficient (Wildman–Crippen LogP) is 3.53. The molecule has 0 spiro atoms. The molecular weight excluding hydrogens is 330 g/mol. The minimum absolute atomic E-state index is 0.560. The van der Waals surface area contributed by atoms with E-state index in [-0.39, 0.29) is 0 Å².